The number of ether oxygens (including phenoxy) is 1. The Morgan fingerprint density at radius 3 is 2.37 bits per heavy atom. The second-order valence-electron chi connectivity index (χ2n) is 5.64. The topological polar surface area (TPSA) is 53.6 Å². The highest BCUT2D eigenvalue weighted by molar-refractivity contribution is 5.81. The Balaban J connectivity index is 4.08. The molecule has 0 aromatic carbocycles. The van der Waals surface area contributed by atoms with Gasteiger partial charge in [-0.25, -0.2) is 0 Å². The fourth-order valence-corrected chi connectivity index (χ4v) is 1.83. The summed E-state index contributed by atoms with van der Waals surface area (Å²) in [6, 6.07) is 0.143. The molecule has 0 saturated heterocycles. The summed E-state index contributed by atoms with van der Waals surface area (Å²) in [7, 11) is 5.76. The zero-order valence-electron chi connectivity index (χ0n) is 13.3. The molecule has 5 heteroatoms. The van der Waals surface area contributed by atoms with Gasteiger partial charge in [0.15, 0.2) is 0 Å². The third-order valence-corrected chi connectivity index (χ3v) is 3.05. The number of nitrogens with one attached hydrogen (secondary N) is 2. The van der Waals surface area contributed by atoms with E-state index >= 15 is 0 Å². The van der Waals surface area contributed by atoms with E-state index in [0.717, 1.165) is 13.0 Å². The van der Waals surface area contributed by atoms with Gasteiger partial charge < -0.3 is 20.3 Å². The Kier molecular flexibility index (Phi) is 9.83. The molecule has 2 atom stereocenters. The largest absolute Gasteiger partial charge is 0.385 e. The van der Waals surface area contributed by atoms with E-state index in [0.29, 0.717) is 25.1 Å². The number of nitrogens with zero attached hydrogens (tertiary/aromatic N) is 1. The van der Waals surface area contributed by atoms with Gasteiger partial charge in [-0.1, -0.05) is 13.8 Å². The van der Waals surface area contributed by atoms with E-state index in [4.69, 9.17) is 4.74 Å². The van der Waals surface area contributed by atoms with Gasteiger partial charge in [-0.2, -0.15) is 0 Å². The number of methoxy groups -OCH3 is 1. The second kappa shape index (κ2) is 10.2. The van der Waals surface area contributed by atoms with E-state index in [2.05, 4.69) is 29.4 Å². The summed E-state index contributed by atoms with van der Waals surface area (Å²) < 4.78 is 4.95. The number of carbonyl (C=O) groups is 1. The van der Waals surface area contributed by atoms with E-state index < -0.39 is 0 Å². The van der Waals surface area contributed by atoms with Gasteiger partial charge in [-0.3, -0.25) is 4.79 Å². The molecule has 0 radical (unpaired) electrons. The van der Waals surface area contributed by atoms with Gasteiger partial charge in [0.25, 0.3) is 0 Å². The van der Waals surface area contributed by atoms with E-state index in [1.807, 2.05) is 21.0 Å². The Labute approximate surface area is 118 Å². The summed E-state index contributed by atoms with van der Waals surface area (Å²) in [5.41, 5.74) is 0. The van der Waals surface area contributed by atoms with Crippen molar-refractivity contribution in [3.05, 3.63) is 0 Å². The van der Waals surface area contributed by atoms with Crippen molar-refractivity contribution in [2.24, 2.45) is 5.92 Å². The fraction of sp³-hybridized carbons (Fsp3) is 0.929. The lowest BCUT2D eigenvalue weighted by molar-refractivity contribution is -0.123. The van der Waals surface area contributed by atoms with Gasteiger partial charge in [0.2, 0.25) is 5.91 Å². The molecule has 0 bridgehead atoms. The smallest absolute Gasteiger partial charge is 0.236 e. The Morgan fingerprint density at radius 2 is 1.89 bits per heavy atom. The van der Waals surface area contributed by atoms with E-state index in [1.165, 1.54) is 0 Å². The number of likely N-dealkylation sites (N-methyl/N-ethyl adjacent to an activating group) is 1. The van der Waals surface area contributed by atoms with Gasteiger partial charge in [0.05, 0.1) is 6.04 Å². The molecule has 0 aliphatic heterocycles. The zero-order chi connectivity index (χ0) is 14.8. The molecule has 0 rings (SSSR count). The average Bonchev–Trinajstić information content (AvgIpc) is 2.32. The van der Waals surface area contributed by atoms with Crippen molar-refractivity contribution >= 4 is 5.91 Å². The molecule has 0 aromatic heterocycles. The van der Waals surface area contributed by atoms with Crippen molar-refractivity contribution < 1.29 is 9.53 Å². The number of hydrogen-bond acceptors (Lipinski definition) is 4. The zero-order valence-corrected chi connectivity index (χ0v) is 13.3. The number of hydrogen-bond donors (Lipinski definition) is 2. The molecule has 0 aliphatic carbocycles. The summed E-state index contributed by atoms with van der Waals surface area (Å²) in [4.78, 5) is 14.1. The van der Waals surface area contributed by atoms with Gasteiger partial charge in [-0.15, -0.1) is 0 Å². The minimum absolute atomic E-state index is 0.0560. The maximum atomic E-state index is 11.9. The third kappa shape index (κ3) is 8.97. The van der Waals surface area contributed by atoms with Crippen molar-refractivity contribution in [1.82, 2.24) is 15.5 Å². The SMILES string of the molecule is COCCCNC(=O)C(C)NC(CN(C)C)C(C)C. The van der Waals surface area contributed by atoms with E-state index in [-0.39, 0.29) is 11.9 Å². The van der Waals surface area contributed by atoms with Crippen LogP contribution in [0.1, 0.15) is 27.2 Å². The first-order chi connectivity index (χ1) is 8.88. The van der Waals surface area contributed by atoms with Gasteiger partial charge in [-0.05, 0) is 33.4 Å². The van der Waals surface area contributed by atoms with Gasteiger partial charge >= 0.3 is 0 Å². The average molecular weight is 273 g/mol. The first kappa shape index (κ1) is 18.4. The molecule has 1 amide bonds. The van der Waals surface area contributed by atoms with Crippen molar-refractivity contribution in [2.75, 3.05) is 40.9 Å². The summed E-state index contributed by atoms with van der Waals surface area (Å²) in [5.74, 6) is 0.548. The predicted molar refractivity (Wildman–Crippen MR) is 79.3 cm³/mol. The molecule has 2 unspecified atom stereocenters. The van der Waals surface area contributed by atoms with E-state index in [1.54, 1.807) is 7.11 Å². The van der Waals surface area contributed by atoms with Gasteiger partial charge in [0.1, 0.15) is 0 Å². The first-order valence-corrected chi connectivity index (χ1v) is 7.05. The standard InChI is InChI=1S/C14H31N3O2/c1-11(2)13(10-17(4)5)16-12(3)14(18)15-8-7-9-19-6/h11-13,16H,7-10H2,1-6H3,(H,15,18). The summed E-state index contributed by atoms with van der Waals surface area (Å²) in [6.07, 6.45) is 0.847. The molecular weight excluding hydrogens is 242 g/mol. The van der Waals surface area contributed by atoms with Crippen LogP contribution in [-0.2, 0) is 9.53 Å². The molecule has 114 valence electrons. The van der Waals surface area contributed by atoms with Crippen LogP contribution in [-0.4, -0.2) is 63.8 Å². The van der Waals surface area contributed by atoms with Crippen LogP contribution < -0.4 is 10.6 Å². The van der Waals surface area contributed by atoms with Crippen LogP contribution in [0, 0.1) is 5.92 Å². The van der Waals surface area contributed by atoms with Crippen molar-refractivity contribution in [3.8, 4) is 0 Å². The molecule has 0 aliphatic rings. The molecule has 0 saturated carbocycles. The fourth-order valence-electron chi connectivity index (χ4n) is 1.83. The number of amides is 1. The van der Waals surface area contributed by atoms with Crippen LogP contribution in [0.3, 0.4) is 0 Å². The van der Waals surface area contributed by atoms with Crippen LogP contribution in [0.15, 0.2) is 0 Å². The number of rotatable bonds is 10. The molecular formula is C14H31N3O2. The number of carbonyl (C=O) groups excluding carboxylic acids is 1. The van der Waals surface area contributed by atoms with Crippen LogP contribution >= 0.6 is 0 Å². The van der Waals surface area contributed by atoms with Crippen molar-refractivity contribution in [2.45, 2.75) is 39.3 Å². The lowest BCUT2D eigenvalue weighted by Gasteiger charge is -2.28. The highest BCUT2D eigenvalue weighted by Gasteiger charge is 2.20. The summed E-state index contributed by atoms with van der Waals surface area (Å²) in [5, 5.41) is 6.32. The maximum absolute atomic E-state index is 11.9. The molecule has 0 aromatic rings. The van der Waals surface area contributed by atoms with Crippen LogP contribution in [0.5, 0.6) is 0 Å². The molecule has 5 nitrogen and oxygen atoms in total. The van der Waals surface area contributed by atoms with Crippen molar-refractivity contribution in [3.63, 3.8) is 0 Å². The quantitative estimate of drug-likeness (QED) is 0.576. The summed E-state index contributed by atoms with van der Waals surface area (Å²) in [6.45, 7) is 8.53. The Bertz CT molecular complexity index is 245. The van der Waals surface area contributed by atoms with Gasteiger partial charge in [0, 0.05) is 32.8 Å². The van der Waals surface area contributed by atoms with Crippen LogP contribution in [0.4, 0.5) is 0 Å². The molecule has 0 fully saturated rings. The highest BCUT2D eigenvalue weighted by atomic mass is 16.5. The molecule has 0 spiro atoms. The lowest BCUT2D eigenvalue weighted by atomic mass is 10.0. The lowest BCUT2D eigenvalue weighted by Crippen LogP contribution is -2.51. The predicted octanol–water partition coefficient (Wildman–Crippen LogP) is 0.703. The molecule has 19 heavy (non-hydrogen) atoms. The first-order valence-electron chi connectivity index (χ1n) is 7.05. The Morgan fingerprint density at radius 1 is 1.26 bits per heavy atom. The second-order valence-corrected chi connectivity index (χ2v) is 5.64. The minimum Gasteiger partial charge on any atom is -0.385 e. The monoisotopic (exact) mass is 273 g/mol. The molecule has 0 heterocycles. The Hall–Kier alpha value is -0.650. The third-order valence-electron chi connectivity index (χ3n) is 3.05. The summed E-state index contributed by atoms with van der Waals surface area (Å²) >= 11 is 0. The van der Waals surface area contributed by atoms with Crippen LogP contribution in [0.25, 0.3) is 0 Å². The highest BCUT2D eigenvalue weighted by Crippen LogP contribution is 2.04. The normalized spacial score (nSPS) is 14.7. The van der Waals surface area contributed by atoms with E-state index in [9.17, 15) is 4.79 Å². The maximum Gasteiger partial charge on any atom is 0.236 e. The van der Waals surface area contributed by atoms with Crippen LogP contribution in [0.2, 0.25) is 0 Å². The molecule has 2 N–H and O–H groups in total. The van der Waals surface area contributed by atoms with Crippen molar-refractivity contribution in [1.29, 1.82) is 0 Å². The minimum atomic E-state index is -0.171.